The van der Waals surface area contributed by atoms with Gasteiger partial charge in [0, 0.05) is 7.05 Å². The molecule has 1 radical (unpaired) electrons. The second kappa shape index (κ2) is 3.00. The number of rotatable bonds is 2. The number of nitrogens with zero attached hydrogens (tertiary/aromatic N) is 2. The van der Waals surface area contributed by atoms with Crippen molar-refractivity contribution in [3.05, 3.63) is 12.5 Å². The smallest absolute Gasteiger partial charge is 0.240 e. The molecular weight excluding hydrogens is 130 g/mol. The molecule has 0 saturated carbocycles. The second-order valence-electron chi connectivity index (χ2n) is 1.64. The highest BCUT2D eigenvalue weighted by Crippen LogP contribution is 2.16. The molecule has 0 saturated heterocycles. The Morgan fingerprint density at radius 3 is 3.00 bits per heavy atom. The van der Waals surface area contributed by atoms with E-state index >= 15 is 0 Å². The summed E-state index contributed by atoms with van der Waals surface area (Å²) in [6.45, 7) is 0. The van der Waals surface area contributed by atoms with E-state index in [1.54, 1.807) is 20.4 Å². The molecule has 1 N–H and O–H groups in total. The molecule has 0 fully saturated rings. The zero-order chi connectivity index (χ0) is 7.40. The van der Waals surface area contributed by atoms with E-state index in [2.05, 4.69) is 21.6 Å². The van der Waals surface area contributed by atoms with Gasteiger partial charge in [-0.3, -0.25) is 0 Å². The number of hydrogen-bond donors (Lipinski definition) is 1. The average molecular weight is 138 g/mol. The van der Waals surface area contributed by atoms with Crippen molar-refractivity contribution in [3.63, 3.8) is 0 Å². The molecule has 0 unspecified atom stereocenters. The molecule has 1 aromatic rings. The van der Waals surface area contributed by atoms with Crippen molar-refractivity contribution in [2.24, 2.45) is 0 Å². The van der Waals surface area contributed by atoms with Gasteiger partial charge in [-0.1, -0.05) is 0 Å². The van der Waals surface area contributed by atoms with Crippen LogP contribution in [0.15, 0.2) is 6.20 Å². The third kappa shape index (κ3) is 1.15. The van der Waals surface area contributed by atoms with Gasteiger partial charge in [0.25, 0.3) is 0 Å². The van der Waals surface area contributed by atoms with Crippen molar-refractivity contribution < 1.29 is 4.74 Å². The maximum Gasteiger partial charge on any atom is 0.240 e. The largest absolute Gasteiger partial charge is 0.479 e. The summed E-state index contributed by atoms with van der Waals surface area (Å²) in [5, 5.41) is 2.88. The summed E-state index contributed by atoms with van der Waals surface area (Å²) in [7, 11) is 3.33. The Bertz CT molecular complexity index is 191. The first-order chi connectivity index (χ1) is 4.88. The molecule has 53 valence electrons. The minimum Gasteiger partial charge on any atom is -0.479 e. The third-order valence-corrected chi connectivity index (χ3v) is 1.10. The first kappa shape index (κ1) is 6.80. The van der Waals surface area contributed by atoms with Crippen molar-refractivity contribution in [1.29, 1.82) is 0 Å². The Labute approximate surface area is 59.3 Å². The maximum absolute atomic E-state index is 4.89. The Morgan fingerprint density at radius 2 is 2.50 bits per heavy atom. The standard InChI is InChI=1S/C6H8N3O/c1-7-5-3-8-4-9-6(5)10-2/h3,7H,1-2H3. The van der Waals surface area contributed by atoms with Crippen LogP contribution in [0.3, 0.4) is 0 Å². The van der Waals surface area contributed by atoms with Crippen LogP contribution in [0.5, 0.6) is 5.88 Å². The molecule has 1 rings (SSSR count). The van der Waals surface area contributed by atoms with Crippen molar-refractivity contribution in [2.75, 3.05) is 19.5 Å². The van der Waals surface area contributed by atoms with Crippen molar-refractivity contribution >= 4 is 5.69 Å². The summed E-state index contributed by atoms with van der Waals surface area (Å²) >= 11 is 0. The van der Waals surface area contributed by atoms with E-state index in [4.69, 9.17) is 4.74 Å². The highest BCUT2D eigenvalue weighted by Gasteiger charge is 1.98. The molecule has 0 atom stereocenters. The third-order valence-electron chi connectivity index (χ3n) is 1.10. The lowest BCUT2D eigenvalue weighted by atomic mass is 10.5. The normalized spacial score (nSPS) is 9.00. The minimum atomic E-state index is 0.512. The molecule has 4 heteroatoms. The van der Waals surface area contributed by atoms with Gasteiger partial charge in [0.15, 0.2) is 0 Å². The summed E-state index contributed by atoms with van der Waals surface area (Å²) in [4.78, 5) is 7.43. The lowest BCUT2D eigenvalue weighted by Gasteiger charge is -2.02. The molecule has 0 aliphatic heterocycles. The summed E-state index contributed by atoms with van der Waals surface area (Å²) in [5.41, 5.74) is 0.765. The van der Waals surface area contributed by atoms with Crippen molar-refractivity contribution in [1.82, 2.24) is 9.97 Å². The van der Waals surface area contributed by atoms with E-state index in [1.807, 2.05) is 0 Å². The van der Waals surface area contributed by atoms with Gasteiger partial charge in [-0.05, 0) is 0 Å². The number of aromatic nitrogens is 2. The SMILES string of the molecule is CNc1cn[c]nc1OC. The number of ether oxygens (including phenoxy) is 1. The molecule has 1 aromatic heterocycles. The Balaban J connectivity index is 2.96. The zero-order valence-electron chi connectivity index (χ0n) is 5.88. The molecule has 0 aliphatic carbocycles. The highest BCUT2D eigenvalue weighted by atomic mass is 16.5. The summed E-state index contributed by atoms with van der Waals surface area (Å²) < 4.78 is 4.89. The molecule has 10 heavy (non-hydrogen) atoms. The number of hydrogen-bond acceptors (Lipinski definition) is 4. The summed E-state index contributed by atoms with van der Waals surface area (Å²) in [6.07, 6.45) is 4.02. The summed E-state index contributed by atoms with van der Waals surface area (Å²) in [6, 6.07) is 0. The van der Waals surface area contributed by atoms with Crippen LogP contribution in [-0.2, 0) is 0 Å². The first-order valence-corrected chi connectivity index (χ1v) is 2.83. The second-order valence-corrected chi connectivity index (χ2v) is 1.64. The Kier molecular flexibility index (Phi) is 2.04. The maximum atomic E-state index is 4.89. The monoisotopic (exact) mass is 138 g/mol. The van der Waals surface area contributed by atoms with E-state index in [0.29, 0.717) is 5.88 Å². The van der Waals surface area contributed by atoms with Gasteiger partial charge >= 0.3 is 0 Å². The van der Waals surface area contributed by atoms with Crippen molar-refractivity contribution in [2.45, 2.75) is 0 Å². The van der Waals surface area contributed by atoms with E-state index in [9.17, 15) is 0 Å². The topological polar surface area (TPSA) is 47.0 Å². The molecule has 0 aliphatic rings. The van der Waals surface area contributed by atoms with Gasteiger partial charge in [0.1, 0.15) is 5.69 Å². The van der Waals surface area contributed by atoms with Crippen LogP contribution in [0, 0.1) is 6.33 Å². The van der Waals surface area contributed by atoms with E-state index < -0.39 is 0 Å². The molecule has 0 amide bonds. The zero-order valence-corrected chi connectivity index (χ0v) is 5.88. The quantitative estimate of drug-likeness (QED) is 0.639. The van der Waals surface area contributed by atoms with Crippen LogP contribution >= 0.6 is 0 Å². The average Bonchev–Trinajstić information content (AvgIpc) is 2.04. The van der Waals surface area contributed by atoms with Gasteiger partial charge < -0.3 is 10.1 Å². The summed E-state index contributed by atoms with van der Waals surface area (Å²) in [5.74, 6) is 0.512. The highest BCUT2D eigenvalue weighted by molar-refractivity contribution is 5.49. The van der Waals surface area contributed by atoms with E-state index in [-0.39, 0.29) is 0 Å². The van der Waals surface area contributed by atoms with Gasteiger partial charge in [-0.2, -0.15) is 4.98 Å². The minimum absolute atomic E-state index is 0.512. The van der Waals surface area contributed by atoms with Crippen LogP contribution in [0.1, 0.15) is 0 Å². The molecule has 0 aromatic carbocycles. The lowest BCUT2D eigenvalue weighted by molar-refractivity contribution is 0.398. The van der Waals surface area contributed by atoms with Crippen LogP contribution < -0.4 is 10.1 Å². The van der Waals surface area contributed by atoms with Gasteiger partial charge in [0.2, 0.25) is 12.2 Å². The number of anilines is 1. The fourth-order valence-corrected chi connectivity index (χ4v) is 0.610. The predicted molar refractivity (Wildman–Crippen MR) is 37.0 cm³/mol. The first-order valence-electron chi connectivity index (χ1n) is 2.83. The Morgan fingerprint density at radius 1 is 1.70 bits per heavy atom. The van der Waals surface area contributed by atoms with Crippen LogP contribution in [0.4, 0.5) is 5.69 Å². The van der Waals surface area contributed by atoms with Gasteiger partial charge in [-0.15, -0.1) is 0 Å². The van der Waals surface area contributed by atoms with E-state index in [0.717, 1.165) is 5.69 Å². The fourth-order valence-electron chi connectivity index (χ4n) is 0.610. The van der Waals surface area contributed by atoms with Crippen molar-refractivity contribution in [3.8, 4) is 5.88 Å². The van der Waals surface area contributed by atoms with Crippen LogP contribution in [-0.4, -0.2) is 24.1 Å². The Hall–Kier alpha value is -1.32. The molecule has 0 spiro atoms. The molecule has 1 heterocycles. The van der Waals surface area contributed by atoms with Crippen LogP contribution in [0.25, 0.3) is 0 Å². The van der Waals surface area contributed by atoms with Crippen LogP contribution in [0.2, 0.25) is 0 Å². The number of methoxy groups -OCH3 is 1. The van der Waals surface area contributed by atoms with E-state index in [1.165, 1.54) is 0 Å². The molecular formula is C6H8N3O. The molecule has 0 bridgehead atoms. The predicted octanol–water partition coefficient (Wildman–Crippen LogP) is 0.327. The fraction of sp³-hybridized carbons (Fsp3) is 0.333. The van der Waals surface area contributed by atoms with Gasteiger partial charge in [0.05, 0.1) is 13.3 Å². The van der Waals surface area contributed by atoms with Gasteiger partial charge in [-0.25, -0.2) is 4.98 Å². The lowest BCUT2D eigenvalue weighted by Crippen LogP contribution is -1.96. The molecule has 4 nitrogen and oxygen atoms in total. The number of nitrogens with one attached hydrogen (secondary N) is 1.